The monoisotopic (exact) mass is 408 g/mol. The van der Waals surface area contributed by atoms with E-state index < -0.39 is 0 Å². The summed E-state index contributed by atoms with van der Waals surface area (Å²) in [7, 11) is 0. The molecule has 1 fully saturated rings. The fraction of sp³-hybridized carbons (Fsp3) is 0.200. The van der Waals surface area contributed by atoms with Gasteiger partial charge in [0.05, 0.1) is 5.69 Å². The number of piperazine rings is 1. The Balaban J connectivity index is 1.57. The third-order valence-corrected chi connectivity index (χ3v) is 5.64. The molecule has 0 atom stereocenters. The molecule has 0 unspecified atom stereocenters. The number of benzene rings is 2. The molecule has 0 bridgehead atoms. The van der Waals surface area contributed by atoms with E-state index in [0.29, 0.717) is 37.8 Å². The van der Waals surface area contributed by atoms with Crippen LogP contribution < -0.4 is 4.90 Å². The van der Waals surface area contributed by atoms with Crippen LogP contribution in [0, 0.1) is 6.07 Å². The second-order valence-electron chi connectivity index (χ2n) is 7.62. The van der Waals surface area contributed by atoms with Crippen molar-refractivity contribution < 1.29 is 4.79 Å². The van der Waals surface area contributed by atoms with Crippen molar-refractivity contribution >= 4 is 22.9 Å². The maximum Gasteiger partial charge on any atom is 0.227 e. The van der Waals surface area contributed by atoms with Crippen molar-refractivity contribution in [3.05, 3.63) is 72.9 Å². The number of aromatic nitrogens is 3. The normalized spacial score (nSPS) is 14.1. The number of carbonyl (C=O) groups is 1. The quantitative estimate of drug-likeness (QED) is 0.516. The SMILES string of the molecule is CC(=O)N1CCN(c2ncc3cc(-c4ccccc4)c(-c4cc[c]cc4)nc3n2)CC1. The summed E-state index contributed by atoms with van der Waals surface area (Å²) >= 11 is 0. The molecule has 1 aliphatic rings. The minimum atomic E-state index is 0.110. The molecule has 3 heterocycles. The summed E-state index contributed by atoms with van der Waals surface area (Å²) in [5, 5.41) is 0.899. The van der Waals surface area contributed by atoms with Crippen LogP contribution in [0.2, 0.25) is 0 Å². The van der Waals surface area contributed by atoms with Crippen molar-refractivity contribution in [1.82, 2.24) is 19.9 Å². The zero-order valence-corrected chi connectivity index (χ0v) is 17.3. The van der Waals surface area contributed by atoms with Gasteiger partial charge in [-0.05, 0) is 17.7 Å². The maximum absolute atomic E-state index is 11.6. The first-order chi connectivity index (χ1) is 15.2. The molecule has 1 radical (unpaired) electrons. The fourth-order valence-corrected chi connectivity index (χ4v) is 3.93. The largest absolute Gasteiger partial charge is 0.339 e. The number of fused-ring (bicyclic) bond motifs is 1. The van der Waals surface area contributed by atoms with E-state index in [4.69, 9.17) is 9.97 Å². The Morgan fingerprint density at radius 3 is 2.39 bits per heavy atom. The first-order valence-electron chi connectivity index (χ1n) is 10.4. The zero-order chi connectivity index (χ0) is 21.2. The van der Waals surface area contributed by atoms with Crippen LogP contribution in [0.1, 0.15) is 6.92 Å². The molecule has 6 heteroatoms. The summed E-state index contributed by atoms with van der Waals surface area (Å²) in [4.78, 5) is 29.9. The van der Waals surface area contributed by atoms with Crippen LogP contribution in [0.25, 0.3) is 33.4 Å². The van der Waals surface area contributed by atoms with E-state index in [1.807, 2.05) is 53.6 Å². The van der Waals surface area contributed by atoms with Gasteiger partial charge in [0, 0.05) is 55.8 Å². The van der Waals surface area contributed by atoms with E-state index >= 15 is 0 Å². The molecule has 0 spiro atoms. The van der Waals surface area contributed by atoms with Crippen molar-refractivity contribution in [3.63, 3.8) is 0 Å². The number of pyridine rings is 1. The first-order valence-corrected chi connectivity index (χ1v) is 10.4. The van der Waals surface area contributed by atoms with Gasteiger partial charge in [0.15, 0.2) is 5.65 Å². The Morgan fingerprint density at radius 1 is 0.935 bits per heavy atom. The Kier molecular flexibility index (Phi) is 5.04. The second kappa shape index (κ2) is 8.14. The summed E-state index contributed by atoms with van der Waals surface area (Å²) in [5.74, 6) is 0.766. The highest BCUT2D eigenvalue weighted by atomic mass is 16.2. The number of rotatable bonds is 3. The third-order valence-electron chi connectivity index (χ3n) is 5.64. The van der Waals surface area contributed by atoms with Crippen LogP contribution in [-0.2, 0) is 4.79 Å². The van der Waals surface area contributed by atoms with E-state index in [2.05, 4.69) is 34.1 Å². The molecule has 5 rings (SSSR count). The molecule has 31 heavy (non-hydrogen) atoms. The summed E-state index contributed by atoms with van der Waals surface area (Å²) in [5.41, 5.74) is 4.73. The first kappa shape index (κ1) is 19.2. The van der Waals surface area contributed by atoms with Crippen molar-refractivity contribution in [2.45, 2.75) is 6.92 Å². The molecule has 2 aromatic heterocycles. The van der Waals surface area contributed by atoms with Crippen LogP contribution in [0.4, 0.5) is 5.95 Å². The number of amides is 1. The molecule has 6 nitrogen and oxygen atoms in total. The van der Waals surface area contributed by atoms with Crippen molar-refractivity contribution in [1.29, 1.82) is 0 Å². The highest BCUT2D eigenvalue weighted by Gasteiger charge is 2.21. The van der Waals surface area contributed by atoms with Crippen LogP contribution in [0.15, 0.2) is 66.9 Å². The van der Waals surface area contributed by atoms with Gasteiger partial charge in [-0.25, -0.2) is 9.97 Å². The zero-order valence-electron chi connectivity index (χ0n) is 17.3. The minimum absolute atomic E-state index is 0.110. The van der Waals surface area contributed by atoms with Gasteiger partial charge in [0.2, 0.25) is 11.9 Å². The molecular weight excluding hydrogens is 386 g/mol. The van der Waals surface area contributed by atoms with E-state index in [-0.39, 0.29) is 5.91 Å². The standard InChI is InChI=1S/C25H22N5O/c1-18(31)29-12-14-30(15-13-29)25-26-17-21-16-22(19-8-4-2-5-9-19)23(27-24(21)28-25)20-10-6-3-7-11-20/h2,4-11,16-17H,12-15H2,1H3. The fourth-order valence-electron chi connectivity index (χ4n) is 3.93. The van der Waals surface area contributed by atoms with Gasteiger partial charge in [-0.15, -0.1) is 0 Å². The summed E-state index contributed by atoms with van der Waals surface area (Å²) in [6.07, 6.45) is 1.84. The highest BCUT2D eigenvalue weighted by molar-refractivity contribution is 5.90. The molecule has 0 N–H and O–H groups in total. The van der Waals surface area contributed by atoms with Crippen molar-refractivity contribution in [3.8, 4) is 22.4 Å². The lowest BCUT2D eigenvalue weighted by atomic mass is 9.98. The number of nitrogens with zero attached hydrogens (tertiary/aromatic N) is 5. The summed E-state index contributed by atoms with van der Waals surface area (Å²) in [6, 6.07) is 23.3. The van der Waals surface area contributed by atoms with E-state index in [9.17, 15) is 4.79 Å². The number of carbonyl (C=O) groups excluding carboxylic acids is 1. The predicted molar refractivity (Wildman–Crippen MR) is 122 cm³/mol. The average molecular weight is 408 g/mol. The Morgan fingerprint density at radius 2 is 1.68 bits per heavy atom. The van der Waals surface area contributed by atoms with Gasteiger partial charge < -0.3 is 9.80 Å². The average Bonchev–Trinajstić information content (AvgIpc) is 2.84. The lowest BCUT2D eigenvalue weighted by Crippen LogP contribution is -2.48. The molecule has 0 aliphatic carbocycles. The topological polar surface area (TPSA) is 62.2 Å². The lowest BCUT2D eigenvalue weighted by Gasteiger charge is -2.34. The molecular formula is C25H22N5O. The van der Waals surface area contributed by atoms with Crippen LogP contribution in [-0.4, -0.2) is 51.9 Å². The minimum Gasteiger partial charge on any atom is -0.339 e. The van der Waals surface area contributed by atoms with Gasteiger partial charge in [-0.3, -0.25) is 4.79 Å². The van der Waals surface area contributed by atoms with Crippen LogP contribution in [0.5, 0.6) is 0 Å². The molecule has 1 aliphatic heterocycles. The maximum atomic E-state index is 11.6. The lowest BCUT2D eigenvalue weighted by molar-refractivity contribution is -0.129. The second-order valence-corrected chi connectivity index (χ2v) is 7.62. The van der Waals surface area contributed by atoms with Gasteiger partial charge in [-0.1, -0.05) is 54.6 Å². The molecule has 1 saturated heterocycles. The van der Waals surface area contributed by atoms with Crippen LogP contribution in [0.3, 0.4) is 0 Å². The van der Waals surface area contributed by atoms with Crippen molar-refractivity contribution in [2.75, 3.05) is 31.1 Å². The van der Waals surface area contributed by atoms with Crippen LogP contribution >= 0.6 is 0 Å². The van der Waals surface area contributed by atoms with Gasteiger partial charge >= 0.3 is 0 Å². The molecule has 0 saturated carbocycles. The highest BCUT2D eigenvalue weighted by Crippen LogP contribution is 2.33. The van der Waals surface area contributed by atoms with E-state index in [1.165, 1.54) is 0 Å². The van der Waals surface area contributed by atoms with Gasteiger partial charge in [-0.2, -0.15) is 4.98 Å². The van der Waals surface area contributed by atoms with Gasteiger partial charge in [0.25, 0.3) is 0 Å². The third kappa shape index (κ3) is 3.84. The number of hydrogen-bond acceptors (Lipinski definition) is 5. The van der Waals surface area contributed by atoms with Crippen molar-refractivity contribution in [2.24, 2.45) is 0 Å². The summed E-state index contributed by atoms with van der Waals surface area (Å²) in [6.45, 7) is 4.41. The Labute approximate surface area is 181 Å². The molecule has 1 amide bonds. The summed E-state index contributed by atoms with van der Waals surface area (Å²) < 4.78 is 0. The Bertz CT molecular complexity index is 1220. The predicted octanol–water partition coefficient (Wildman–Crippen LogP) is 3.83. The number of hydrogen-bond donors (Lipinski definition) is 0. The van der Waals surface area contributed by atoms with Gasteiger partial charge in [0.1, 0.15) is 0 Å². The smallest absolute Gasteiger partial charge is 0.227 e. The van der Waals surface area contributed by atoms with E-state index in [0.717, 1.165) is 27.8 Å². The molecule has 153 valence electrons. The number of anilines is 1. The molecule has 4 aromatic rings. The Hall–Kier alpha value is -3.80. The molecule has 2 aromatic carbocycles. The van der Waals surface area contributed by atoms with E-state index in [1.54, 1.807) is 6.92 Å².